The van der Waals surface area contributed by atoms with E-state index in [1.165, 1.54) is 11.8 Å². The van der Waals surface area contributed by atoms with Gasteiger partial charge < -0.3 is 14.8 Å². The van der Waals surface area contributed by atoms with Crippen LogP contribution in [0.5, 0.6) is 11.5 Å². The molecule has 0 aliphatic rings. The van der Waals surface area contributed by atoms with Crippen LogP contribution in [-0.4, -0.2) is 33.5 Å². The number of aromatic nitrogens is 3. The van der Waals surface area contributed by atoms with E-state index in [9.17, 15) is 4.79 Å². The van der Waals surface area contributed by atoms with Crippen molar-refractivity contribution in [3.05, 3.63) is 70.5 Å². The molecular formula is C24H27BrN4O3S. The molecule has 7 nitrogen and oxygen atoms in total. The molecule has 9 heteroatoms. The van der Waals surface area contributed by atoms with Gasteiger partial charge in [0.1, 0.15) is 0 Å². The van der Waals surface area contributed by atoms with E-state index in [4.69, 9.17) is 9.47 Å². The Morgan fingerprint density at radius 3 is 2.64 bits per heavy atom. The third-order valence-corrected chi connectivity index (χ3v) is 6.61. The van der Waals surface area contributed by atoms with Crippen molar-refractivity contribution in [3.8, 4) is 11.5 Å². The molecule has 0 saturated heterocycles. The minimum absolute atomic E-state index is 0.128. The Morgan fingerprint density at radius 1 is 1.24 bits per heavy atom. The number of methoxy groups -OCH3 is 1. The van der Waals surface area contributed by atoms with Crippen LogP contribution in [0, 0.1) is 13.8 Å². The van der Waals surface area contributed by atoms with Crippen molar-refractivity contribution in [2.75, 3.05) is 18.2 Å². The highest BCUT2D eigenvalue weighted by molar-refractivity contribution is 9.10. The Balaban J connectivity index is 1.70. The normalized spacial score (nSPS) is 11.7. The average Bonchev–Trinajstić information content (AvgIpc) is 3.19. The summed E-state index contributed by atoms with van der Waals surface area (Å²) in [4.78, 5) is 12.6. The molecule has 3 aromatic rings. The van der Waals surface area contributed by atoms with E-state index in [1.54, 1.807) is 13.2 Å². The number of nitrogens with one attached hydrogen (secondary N) is 1. The first kappa shape index (κ1) is 24.9. The molecule has 1 atom stereocenters. The van der Waals surface area contributed by atoms with Crippen LogP contribution >= 0.6 is 27.7 Å². The maximum Gasteiger partial charge on any atom is 0.234 e. The molecule has 0 aliphatic heterocycles. The highest BCUT2D eigenvalue weighted by Crippen LogP contribution is 2.31. The second kappa shape index (κ2) is 11.4. The van der Waals surface area contributed by atoms with Gasteiger partial charge in [-0.25, -0.2) is 0 Å². The molecule has 1 N–H and O–H groups in total. The number of thioether (sulfide) groups is 1. The second-order valence-corrected chi connectivity index (χ2v) is 9.20. The number of ether oxygens (including phenoxy) is 2. The Labute approximate surface area is 206 Å². The number of benzene rings is 2. The first-order chi connectivity index (χ1) is 15.8. The van der Waals surface area contributed by atoms with Gasteiger partial charge >= 0.3 is 0 Å². The van der Waals surface area contributed by atoms with E-state index in [0.29, 0.717) is 29.0 Å². The number of para-hydroxylation sites is 2. The van der Waals surface area contributed by atoms with Crippen LogP contribution in [0.1, 0.15) is 30.0 Å². The fraction of sp³-hybridized carbons (Fsp3) is 0.292. The summed E-state index contributed by atoms with van der Waals surface area (Å²) < 4.78 is 14.2. The van der Waals surface area contributed by atoms with Gasteiger partial charge in [-0.15, -0.1) is 16.8 Å². The molecule has 1 aromatic heterocycles. The summed E-state index contributed by atoms with van der Waals surface area (Å²) >= 11 is 4.83. The highest BCUT2D eigenvalue weighted by atomic mass is 79.9. The maximum absolute atomic E-state index is 12.6. The third kappa shape index (κ3) is 6.17. The van der Waals surface area contributed by atoms with Crippen LogP contribution in [0.3, 0.4) is 0 Å². The summed E-state index contributed by atoms with van der Waals surface area (Å²) in [6, 6.07) is 11.4. The van der Waals surface area contributed by atoms with Gasteiger partial charge in [-0.1, -0.05) is 30.0 Å². The molecule has 174 valence electrons. The minimum Gasteiger partial charge on any atom is -0.493 e. The number of hydrogen-bond donors (Lipinski definition) is 1. The first-order valence-electron chi connectivity index (χ1n) is 10.4. The van der Waals surface area contributed by atoms with Crippen LogP contribution in [0.2, 0.25) is 0 Å². The van der Waals surface area contributed by atoms with E-state index in [2.05, 4.69) is 38.0 Å². The van der Waals surface area contributed by atoms with Crippen LogP contribution in [-0.2, 0) is 11.3 Å². The van der Waals surface area contributed by atoms with Crippen molar-refractivity contribution in [3.63, 3.8) is 0 Å². The Hall–Kier alpha value is -2.78. The maximum atomic E-state index is 12.6. The number of amides is 1. The zero-order chi connectivity index (χ0) is 24.0. The Morgan fingerprint density at radius 2 is 1.94 bits per heavy atom. The number of aryl methyl sites for hydroxylation is 2. The molecule has 1 amide bonds. The molecule has 0 fully saturated rings. The third-order valence-electron chi connectivity index (χ3n) is 4.98. The van der Waals surface area contributed by atoms with Gasteiger partial charge in [-0.05, 0) is 72.1 Å². The van der Waals surface area contributed by atoms with Crippen molar-refractivity contribution in [2.45, 2.75) is 38.6 Å². The number of nitrogens with zero attached hydrogens (tertiary/aromatic N) is 3. The molecule has 1 unspecified atom stereocenters. The molecule has 0 radical (unpaired) electrons. The SMILES string of the molecule is C=CCn1c(SCC(=O)Nc2cc(C)c(C)cc2Br)nnc1C(C)Oc1ccccc1OC. The van der Waals surface area contributed by atoms with Crippen LogP contribution in [0.15, 0.2) is 58.7 Å². The lowest BCUT2D eigenvalue weighted by Crippen LogP contribution is -2.16. The summed E-state index contributed by atoms with van der Waals surface area (Å²) in [5.74, 6) is 1.96. The number of halogens is 1. The Bertz CT molecular complexity index is 1150. The molecule has 0 aliphatic carbocycles. The lowest BCUT2D eigenvalue weighted by atomic mass is 10.1. The monoisotopic (exact) mass is 530 g/mol. The van der Waals surface area contributed by atoms with E-state index >= 15 is 0 Å². The number of allylic oxidation sites excluding steroid dienone is 1. The van der Waals surface area contributed by atoms with Gasteiger partial charge in [0, 0.05) is 11.0 Å². The van der Waals surface area contributed by atoms with E-state index in [-0.39, 0.29) is 17.8 Å². The van der Waals surface area contributed by atoms with Crippen molar-refractivity contribution in [1.29, 1.82) is 0 Å². The molecule has 0 saturated carbocycles. The lowest BCUT2D eigenvalue weighted by molar-refractivity contribution is -0.113. The van der Waals surface area contributed by atoms with Gasteiger partial charge in [0.05, 0.1) is 18.6 Å². The quantitative estimate of drug-likeness (QED) is 0.266. The Kier molecular flexibility index (Phi) is 8.57. The van der Waals surface area contributed by atoms with Crippen molar-refractivity contribution < 1.29 is 14.3 Å². The van der Waals surface area contributed by atoms with Crippen LogP contribution in [0.25, 0.3) is 0 Å². The first-order valence-corrected chi connectivity index (χ1v) is 12.1. The molecule has 2 aromatic carbocycles. The number of carbonyl (C=O) groups excluding carboxylic acids is 1. The predicted molar refractivity (Wildman–Crippen MR) is 135 cm³/mol. The molecule has 1 heterocycles. The molecule has 0 bridgehead atoms. The predicted octanol–water partition coefficient (Wildman–Crippen LogP) is 5.72. The van der Waals surface area contributed by atoms with E-state index in [1.807, 2.05) is 61.7 Å². The highest BCUT2D eigenvalue weighted by Gasteiger charge is 2.21. The minimum atomic E-state index is -0.386. The van der Waals surface area contributed by atoms with Crippen molar-refractivity contribution in [2.24, 2.45) is 0 Å². The lowest BCUT2D eigenvalue weighted by Gasteiger charge is -2.17. The van der Waals surface area contributed by atoms with Gasteiger partial charge in [-0.2, -0.15) is 0 Å². The molecule has 3 rings (SSSR count). The zero-order valence-corrected chi connectivity index (χ0v) is 21.5. The standard InChI is InChI=1S/C24H27BrN4O3S/c1-6-11-29-23(17(4)32-21-10-8-7-9-20(21)31-5)27-28-24(29)33-14-22(30)26-19-13-16(3)15(2)12-18(19)25/h6-10,12-13,17H,1,11,14H2,2-5H3,(H,26,30). The summed E-state index contributed by atoms with van der Waals surface area (Å²) in [7, 11) is 1.60. The fourth-order valence-electron chi connectivity index (χ4n) is 3.16. The zero-order valence-electron chi connectivity index (χ0n) is 19.1. The van der Waals surface area contributed by atoms with E-state index in [0.717, 1.165) is 21.3 Å². The van der Waals surface area contributed by atoms with Crippen molar-refractivity contribution in [1.82, 2.24) is 14.8 Å². The van der Waals surface area contributed by atoms with Gasteiger partial charge in [0.2, 0.25) is 5.91 Å². The number of carbonyl (C=O) groups is 1. The second-order valence-electron chi connectivity index (χ2n) is 7.40. The van der Waals surface area contributed by atoms with E-state index < -0.39 is 0 Å². The van der Waals surface area contributed by atoms with Crippen LogP contribution < -0.4 is 14.8 Å². The van der Waals surface area contributed by atoms with Gasteiger partial charge in [0.15, 0.2) is 28.6 Å². The largest absolute Gasteiger partial charge is 0.493 e. The molecular weight excluding hydrogens is 504 g/mol. The average molecular weight is 531 g/mol. The topological polar surface area (TPSA) is 78.3 Å². The molecule has 33 heavy (non-hydrogen) atoms. The summed E-state index contributed by atoms with van der Waals surface area (Å²) in [5.41, 5.74) is 3.01. The smallest absolute Gasteiger partial charge is 0.234 e. The van der Waals surface area contributed by atoms with Gasteiger partial charge in [-0.3, -0.25) is 9.36 Å². The summed E-state index contributed by atoms with van der Waals surface area (Å²) in [5, 5.41) is 12.2. The van der Waals surface area contributed by atoms with Gasteiger partial charge in [0.25, 0.3) is 0 Å². The summed E-state index contributed by atoms with van der Waals surface area (Å²) in [6.45, 7) is 10.3. The fourth-order valence-corrected chi connectivity index (χ4v) is 4.47. The molecule has 0 spiro atoms. The van der Waals surface area contributed by atoms with Crippen molar-refractivity contribution >= 4 is 39.3 Å². The van der Waals surface area contributed by atoms with Crippen LogP contribution in [0.4, 0.5) is 5.69 Å². The number of rotatable bonds is 10. The number of hydrogen-bond acceptors (Lipinski definition) is 6. The summed E-state index contributed by atoms with van der Waals surface area (Å²) in [6.07, 6.45) is 1.38. The number of anilines is 1.